The molecule has 0 aliphatic heterocycles. The van der Waals surface area contributed by atoms with Crippen LogP contribution in [0.25, 0.3) is 0 Å². The zero-order chi connectivity index (χ0) is 9.84. The molecule has 2 unspecified atom stereocenters. The molecule has 0 N–H and O–H groups in total. The van der Waals surface area contributed by atoms with Crippen LogP contribution in [-0.4, -0.2) is 10.4 Å². The van der Waals surface area contributed by atoms with Crippen LogP contribution in [0.1, 0.15) is 43.8 Å². The van der Waals surface area contributed by atoms with Gasteiger partial charge in [-0.1, -0.05) is 13.8 Å². The molecule has 13 heavy (non-hydrogen) atoms. The highest BCUT2D eigenvalue weighted by atomic mass is 35.5. The van der Waals surface area contributed by atoms with E-state index in [1.165, 1.54) is 10.7 Å². The summed E-state index contributed by atoms with van der Waals surface area (Å²) in [6, 6.07) is 0. The molecule has 1 rings (SSSR count). The van der Waals surface area contributed by atoms with Gasteiger partial charge in [0.05, 0.1) is 10.7 Å². The van der Waals surface area contributed by atoms with Gasteiger partial charge in [0.15, 0.2) is 0 Å². The van der Waals surface area contributed by atoms with Gasteiger partial charge >= 0.3 is 0 Å². The Morgan fingerprint density at radius 1 is 1.54 bits per heavy atom. The van der Waals surface area contributed by atoms with E-state index in [1.807, 2.05) is 6.92 Å². The van der Waals surface area contributed by atoms with Crippen LogP contribution >= 0.6 is 22.9 Å². The number of aromatic nitrogens is 1. The van der Waals surface area contributed by atoms with Gasteiger partial charge in [0, 0.05) is 16.7 Å². The molecule has 0 aliphatic rings. The monoisotopic (exact) mass is 217 g/mol. The summed E-state index contributed by atoms with van der Waals surface area (Å²) in [5.41, 5.74) is 1.19. The van der Waals surface area contributed by atoms with E-state index < -0.39 is 0 Å². The van der Waals surface area contributed by atoms with Gasteiger partial charge in [0.1, 0.15) is 0 Å². The van der Waals surface area contributed by atoms with E-state index in [4.69, 9.17) is 11.6 Å². The second-order valence-corrected chi connectivity index (χ2v) is 4.80. The number of halogens is 1. The number of rotatable bonds is 4. The van der Waals surface area contributed by atoms with Crippen molar-refractivity contribution in [2.45, 2.75) is 44.9 Å². The highest BCUT2D eigenvalue weighted by Crippen LogP contribution is 2.29. The maximum Gasteiger partial charge on any atom is 0.0973 e. The lowest BCUT2D eigenvalue weighted by Gasteiger charge is -2.13. The third-order valence-corrected chi connectivity index (χ3v) is 3.57. The van der Waals surface area contributed by atoms with Gasteiger partial charge in [-0.15, -0.1) is 22.9 Å². The van der Waals surface area contributed by atoms with Crippen molar-refractivity contribution in [2.75, 3.05) is 0 Å². The molecule has 0 aromatic carbocycles. The first-order valence-corrected chi connectivity index (χ1v) is 6.09. The first-order valence-electron chi connectivity index (χ1n) is 4.77. The first kappa shape index (κ1) is 11.0. The van der Waals surface area contributed by atoms with Crippen LogP contribution in [0.3, 0.4) is 0 Å². The van der Waals surface area contributed by atoms with Crippen molar-refractivity contribution in [3.05, 3.63) is 16.1 Å². The second-order valence-electron chi connectivity index (χ2n) is 3.22. The van der Waals surface area contributed by atoms with Crippen LogP contribution in [0.5, 0.6) is 0 Å². The Kier molecular flexibility index (Phi) is 4.20. The van der Waals surface area contributed by atoms with Crippen LogP contribution in [-0.2, 0) is 6.42 Å². The Bertz CT molecular complexity index is 257. The van der Waals surface area contributed by atoms with Crippen molar-refractivity contribution >= 4 is 22.9 Å². The van der Waals surface area contributed by atoms with Crippen LogP contribution in [0.15, 0.2) is 5.38 Å². The summed E-state index contributed by atoms with van der Waals surface area (Å²) in [6.07, 6.45) is 2.09. The van der Waals surface area contributed by atoms with E-state index in [9.17, 15) is 0 Å². The van der Waals surface area contributed by atoms with Crippen molar-refractivity contribution in [2.24, 2.45) is 0 Å². The van der Waals surface area contributed by atoms with Crippen molar-refractivity contribution in [3.8, 4) is 0 Å². The fraction of sp³-hybridized carbons (Fsp3) is 0.700. The maximum absolute atomic E-state index is 6.10. The smallest absolute Gasteiger partial charge is 0.0973 e. The SMILES string of the molecule is CCc1csc(C(CC)C(C)Cl)n1. The summed E-state index contributed by atoms with van der Waals surface area (Å²) in [7, 11) is 0. The number of alkyl halides is 1. The van der Waals surface area contributed by atoms with Crippen LogP contribution in [0.4, 0.5) is 0 Å². The van der Waals surface area contributed by atoms with E-state index in [0.29, 0.717) is 5.92 Å². The fourth-order valence-corrected chi connectivity index (χ4v) is 2.92. The van der Waals surface area contributed by atoms with Crippen LogP contribution < -0.4 is 0 Å². The van der Waals surface area contributed by atoms with E-state index in [2.05, 4.69) is 24.2 Å². The summed E-state index contributed by atoms with van der Waals surface area (Å²) in [5, 5.41) is 3.51. The zero-order valence-electron chi connectivity index (χ0n) is 8.38. The average Bonchev–Trinajstić information content (AvgIpc) is 2.53. The van der Waals surface area contributed by atoms with Gasteiger partial charge in [-0.05, 0) is 19.8 Å². The number of hydrogen-bond acceptors (Lipinski definition) is 2. The fourth-order valence-electron chi connectivity index (χ4n) is 1.35. The minimum absolute atomic E-state index is 0.181. The van der Waals surface area contributed by atoms with Gasteiger partial charge in [-0.3, -0.25) is 0 Å². The van der Waals surface area contributed by atoms with Crippen LogP contribution in [0, 0.1) is 0 Å². The second kappa shape index (κ2) is 4.97. The predicted molar refractivity (Wildman–Crippen MR) is 59.8 cm³/mol. The minimum atomic E-state index is 0.181. The predicted octanol–water partition coefficient (Wildman–Crippen LogP) is 3.83. The molecule has 0 radical (unpaired) electrons. The summed E-state index contributed by atoms with van der Waals surface area (Å²) in [4.78, 5) is 4.56. The Morgan fingerprint density at radius 2 is 2.23 bits per heavy atom. The molecule has 0 saturated heterocycles. The number of aryl methyl sites for hydroxylation is 1. The molecular formula is C10H16ClNS. The first-order chi connectivity index (χ1) is 6.19. The summed E-state index contributed by atoms with van der Waals surface area (Å²) in [5.74, 6) is 0.423. The third kappa shape index (κ3) is 2.68. The Balaban J connectivity index is 2.79. The van der Waals surface area contributed by atoms with Crippen molar-refractivity contribution in [1.29, 1.82) is 0 Å². The minimum Gasteiger partial charge on any atom is -0.246 e. The lowest BCUT2D eigenvalue weighted by molar-refractivity contribution is 0.642. The van der Waals surface area contributed by atoms with E-state index in [0.717, 1.165) is 12.8 Å². The molecule has 0 bridgehead atoms. The molecule has 0 amide bonds. The molecular weight excluding hydrogens is 202 g/mol. The third-order valence-electron chi connectivity index (χ3n) is 2.24. The van der Waals surface area contributed by atoms with Gasteiger partial charge in [-0.25, -0.2) is 4.98 Å². The highest BCUT2D eigenvalue weighted by molar-refractivity contribution is 7.09. The van der Waals surface area contributed by atoms with E-state index >= 15 is 0 Å². The van der Waals surface area contributed by atoms with Crippen molar-refractivity contribution in [1.82, 2.24) is 4.98 Å². The van der Waals surface area contributed by atoms with E-state index in [-0.39, 0.29) is 5.38 Å². The zero-order valence-corrected chi connectivity index (χ0v) is 9.95. The molecule has 1 heterocycles. The Labute approximate surface area is 89.1 Å². The molecule has 3 heteroatoms. The Morgan fingerprint density at radius 3 is 2.62 bits per heavy atom. The van der Waals surface area contributed by atoms with Gasteiger partial charge < -0.3 is 0 Å². The molecule has 74 valence electrons. The van der Waals surface area contributed by atoms with Crippen molar-refractivity contribution in [3.63, 3.8) is 0 Å². The molecule has 0 aliphatic carbocycles. The maximum atomic E-state index is 6.10. The summed E-state index contributed by atoms with van der Waals surface area (Å²) < 4.78 is 0. The standard InChI is InChI=1S/C10H16ClNS/c1-4-8-6-13-10(12-8)9(5-2)7(3)11/h6-7,9H,4-5H2,1-3H3. The molecule has 0 saturated carbocycles. The summed E-state index contributed by atoms with van der Waals surface area (Å²) >= 11 is 7.84. The molecule has 1 nitrogen and oxygen atoms in total. The number of hydrogen-bond donors (Lipinski definition) is 0. The molecule has 2 atom stereocenters. The highest BCUT2D eigenvalue weighted by Gasteiger charge is 2.18. The largest absolute Gasteiger partial charge is 0.246 e. The molecule has 1 aromatic rings. The van der Waals surface area contributed by atoms with Gasteiger partial charge in [-0.2, -0.15) is 0 Å². The average molecular weight is 218 g/mol. The lowest BCUT2D eigenvalue weighted by atomic mass is 10.0. The number of thiazole rings is 1. The van der Waals surface area contributed by atoms with Gasteiger partial charge in [0.25, 0.3) is 0 Å². The quantitative estimate of drug-likeness (QED) is 0.699. The Hall–Kier alpha value is -0.0800. The molecule has 0 fully saturated rings. The van der Waals surface area contributed by atoms with Crippen molar-refractivity contribution < 1.29 is 0 Å². The van der Waals surface area contributed by atoms with Gasteiger partial charge in [0.2, 0.25) is 0 Å². The van der Waals surface area contributed by atoms with Crippen LogP contribution in [0.2, 0.25) is 0 Å². The summed E-state index contributed by atoms with van der Waals surface area (Å²) in [6.45, 7) is 6.34. The topological polar surface area (TPSA) is 12.9 Å². The van der Waals surface area contributed by atoms with E-state index in [1.54, 1.807) is 11.3 Å². The molecule has 0 spiro atoms. The normalized spacial score (nSPS) is 15.7. The molecule has 1 aromatic heterocycles. The lowest BCUT2D eigenvalue weighted by Crippen LogP contribution is -2.07. The number of nitrogens with zero attached hydrogens (tertiary/aromatic N) is 1.